The van der Waals surface area contributed by atoms with E-state index < -0.39 is 10.0 Å². The van der Waals surface area contributed by atoms with Crippen LogP contribution in [0.4, 0.5) is 5.82 Å². The van der Waals surface area contributed by atoms with Gasteiger partial charge in [-0.05, 0) is 30.5 Å². The van der Waals surface area contributed by atoms with Crippen LogP contribution < -0.4 is 9.64 Å². The molecule has 0 unspecified atom stereocenters. The molecule has 0 saturated carbocycles. The van der Waals surface area contributed by atoms with Crippen molar-refractivity contribution in [3.05, 3.63) is 84.7 Å². The second kappa shape index (κ2) is 8.80. The lowest BCUT2D eigenvalue weighted by atomic mass is 10.1. The Labute approximate surface area is 193 Å². The molecule has 8 heteroatoms. The number of piperazine rings is 1. The molecule has 7 nitrogen and oxygen atoms in total. The average molecular weight is 461 g/mol. The molecule has 0 atom stereocenters. The maximum absolute atomic E-state index is 13.4. The Kier molecular flexibility index (Phi) is 5.70. The Morgan fingerprint density at radius 3 is 2.30 bits per heavy atom. The van der Waals surface area contributed by atoms with Crippen LogP contribution in [0.25, 0.3) is 10.8 Å². The topological polar surface area (TPSA) is 75.6 Å². The number of hydrogen-bond acceptors (Lipinski definition) is 6. The number of fused-ring (bicyclic) bond motifs is 1. The van der Waals surface area contributed by atoms with E-state index in [1.807, 2.05) is 67.6 Å². The van der Waals surface area contributed by atoms with E-state index in [9.17, 15) is 8.42 Å². The molecular formula is C25H24N4O3S. The predicted octanol–water partition coefficient (Wildman–Crippen LogP) is 4.24. The van der Waals surface area contributed by atoms with Gasteiger partial charge in [-0.25, -0.2) is 13.4 Å². The SMILES string of the molecule is Cc1nc(Oc2ccccc2)cc(N2CCN(S(=O)(=O)c3cccc4ccccc34)CC2)n1. The summed E-state index contributed by atoms with van der Waals surface area (Å²) in [6.07, 6.45) is 0. The lowest BCUT2D eigenvalue weighted by molar-refractivity contribution is 0.383. The van der Waals surface area contributed by atoms with Gasteiger partial charge in [0.25, 0.3) is 0 Å². The third-order valence-electron chi connectivity index (χ3n) is 5.70. The van der Waals surface area contributed by atoms with Gasteiger partial charge in [0.05, 0.1) is 4.90 Å². The number of aryl methyl sites for hydroxylation is 1. The van der Waals surface area contributed by atoms with Gasteiger partial charge in [-0.2, -0.15) is 9.29 Å². The quantitative estimate of drug-likeness (QED) is 0.443. The summed E-state index contributed by atoms with van der Waals surface area (Å²) in [5.41, 5.74) is 0. The van der Waals surface area contributed by atoms with Gasteiger partial charge in [-0.15, -0.1) is 0 Å². The summed E-state index contributed by atoms with van der Waals surface area (Å²) in [7, 11) is -3.60. The largest absolute Gasteiger partial charge is 0.439 e. The highest BCUT2D eigenvalue weighted by Gasteiger charge is 2.30. The second-order valence-corrected chi connectivity index (χ2v) is 9.80. The monoisotopic (exact) mass is 460 g/mol. The number of anilines is 1. The number of benzene rings is 3. The molecule has 4 aromatic rings. The first-order valence-electron chi connectivity index (χ1n) is 10.8. The van der Waals surface area contributed by atoms with Crippen molar-refractivity contribution >= 4 is 26.6 Å². The minimum absolute atomic E-state index is 0.352. The molecular weight excluding hydrogens is 436 g/mol. The van der Waals surface area contributed by atoms with Crippen molar-refractivity contribution in [2.75, 3.05) is 31.1 Å². The fourth-order valence-corrected chi connectivity index (χ4v) is 5.70. The molecule has 0 spiro atoms. The predicted molar refractivity (Wildman–Crippen MR) is 128 cm³/mol. The highest BCUT2D eigenvalue weighted by atomic mass is 32.2. The van der Waals surface area contributed by atoms with Crippen molar-refractivity contribution in [3.63, 3.8) is 0 Å². The highest BCUT2D eigenvalue weighted by molar-refractivity contribution is 7.89. The number of nitrogens with zero attached hydrogens (tertiary/aromatic N) is 4. The first-order valence-corrected chi connectivity index (χ1v) is 12.3. The fraction of sp³-hybridized carbons (Fsp3) is 0.200. The first-order chi connectivity index (χ1) is 16.0. The Bertz CT molecular complexity index is 1380. The van der Waals surface area contributed by atoms with E-state index in [1.165, 1.54) is 0 Å². The number of sulfonamides is 1. The molecule has 0 radical (unpaired) electrons. The van der Waals surface area contributed by atoms with Crippen LogP contribution in [0.1, 0.15) is 5.82 Å². The van der Waals surface area contributed by atoms with Gasteiger partial charge in [0, 0.05) is 37.6 Å². The highest BCUT2D eigenvalue weighted by Crippen LogP contribution is 2.28. The normalized spacial score (nSPS) is 15.0. The van der Waals surface area contributed by atoms with Crippen molar-refractivity contribution in [2.45, 2.75) is 11.8 Å². The zero-order valence-electron chi connectivity index (χ0n) is 18.3. The van der Waals surface area contributed by atoms with Crippen molar-refractivity contribution in [1.29, 1.82) is 0 Å². The zero-order chi connectivity index (χ0) is 22.8. The number of ether oxygens (including phenoxy) is 1. The summed E-state index contributed by atoms with van der Waals surface area (Å²) in [4.78, 5) is 11.4. The van der Waals surface area contributed by atoms with E-state index in [2.05, 4.69) is 14.9 Å². The number of para-hydroxylation sites is 1. The first kappa shape index (κ1) is 21.4. The summed E-state index contributed by atoms with van der Waals surface area (Å²) in [5.74, 6) is 2.50. The molecule has 0 N–H and O–H groups in total. The molecule has 1 aromatic heterocycles. The third kappa shape index (κ3) is 4.40. The number of aromatic nitrogens is 2. The van der Waals surface area contributed by atoms with Crippen LogP contribution in [0.3, 0.4) is 0 Å². The molecule has 1 saturated heterocycles. The molecule has 5 rings (SSSR count). The summed E-state index contributed by atoms with van der Waals surface area (Å²) in [6, 6.07) is 24.2. The lowest BCUT2D eigenvalue weighted by Gasteiger charge is -2.35. The standard InChI is InChI=1S/C25H24N4O3S/c1-19-26-24(18-25(27-19)32-21-10-3-2-4-11-21)28-14-16-29(17-15-28)33(30,31)23-13-7-9-20-8-5-6-12-22(20)23/h2-13,18H,14-17H2,1H3. The van der Waals surface area contributed by atoms with Gasteiger partial charge in [-0.1, -0.05) is 54.6 Å². The van der Waals surface area contributed by atoms with Crippen LogP contribution in [0.15, 0.2) is 83.8 Å². The smallest absolute Gasteiger partial charge is 0.243 e. The van der Waals surface area contributed by atoms with E-state index in [1.54, 1.807) is 22.5 Å². The summed E-state index contributed by atoms with van der Waals surface area (Å²) < 4.78 is 34.3. The van der Waals surface area contributed by atoms with Gasteiger partial charge < -0.3 is 9.64 Å². The van der Waals surface area contributed by atoms with Crippen molar-refractivity contribution in [2.24, 2.45) is 0 Å². The van der Waals surface area contributed by atoms with E-state index in [-0.39, 0.29) is 0 Å². The number of rotatable bonds is 5. The molecule has 0 aliphatic carbocycles. The Morgan fingerprint density at radius 1 is 0.818 bits per heavy atom. The van der Waals surface area contributed by atoms with E-state index >= 15 is 0 Å². The van der Waals surface area contributed by atoms with Gasteiger partial charge in [0.15, 0.2) is 0 Å². The van der Waals surface area contributed by atoms with Crippen LogP contribution in [0.5, 0.6) is 11.6 Å². The van der Waals surface area contributed by atoms with Crippen molar-refractivity contribution in [3.8, 4) is 11.6 Å². The number of hydrogen-bond donors (Lipinski definition) is 0. The molecule has 33 heavy (non-hydrogen) atoms. The summed E-state index contributed by atoms with van der Waals surface area (Å²) >= 11 is 0. The van der Waals surface area contributed by atoms with Crippen LogP contribution >= 0.6 is 0 Å². The van der Waals surface area contributed by atoms with E-state index in [0.29, 0.717) is 48.5 Å². The molecule has 3 aromatic carbocycles. The molecule has 0 amide bonds. The molecule has 2 heterocycles. The lowest BCUT2D eigenvalue weighted by Crippen LogP contribution is -2.49. The Balaban J connectivity index is 1.34. The van der Waals surface area contributed by atoms with Crippen LogP contribution in [0.2, 0.25) is 0 Å². The van der Waals surface area contributed by atoms with Gasteiger partial charge in [0.1, 0.15) is 17.4 Å². The van der Waals surface area contributed by atoms with Gasteiger partial charge >= 0.3 is 0 Å². The summed E-state index contributed by atoms with van der Waals surface area (Å²) in [5, 5.41) is 1.66. The minimum atomic E-state index is -3.60. The molecule has 168 valence electrons. The van der Waals surface area contributed by atoms with Crippen LogP contribution in [-0.2, 0) is 10.0 Å². The van der Waals surface area contributed by atoms with Gasteiger partial charge in [0.2, 0.25) is 15.9 Å². The zero-order valence-corrected chi connectivity index (χ0v) is 19.1. The Morgan fingerprint density at radius 2 is 1.52 bits per heavy atom. The van der Waals surface area contributed by atoms with Crippen LogP contribution in [0, 0.1) is 6.92 Å². The second-order valence-electron chi connectivity index (χ2n) is 7.90. The summed E-state index contributed by atoms with van der Waals surface area (Å²) in [6.45, 7) is 3.64. The molecule has 0 bridgehead atoms. The average Bonchev–Trinajstić information content (AvgIpc) is 2.84. The van der Waals surface area contributed by atoms with Gasteiger partial charge in [-0.3, -0.25) is 0 Å². The van der Waals surface area contributed by atoms with Crippen molar-refractivity contribution < 1.29 is 13.2 Å². The fourth-order valence-electron chi connectivity index (χ4n) is 4.07. The maximum Gasteiger partial charge on any atom is 0.243 e. The Hall–Kier alpha value is -3.49. The minimum Gasteiger partial charge on any atom is -0.439 e. The molecule has 1 fully saturated rings. The maximum atomic E-state index is 13.4. The van der Waals surface area contributed by atoms with Crippen LogP contribution in [-0.4, -0.2) is 48.9 Å². The van der Waals surface area contributed by atoms with Crippen molar-refractivity contribution in [1.82, 2.24) is 14.3 Å². The molecule has 1 aliphatic rings. The van der Waals surface area contributed by atoms with E-state index in [0.717, 1.165) is 16.6 Å². The van der Waals surface area contributed by atoms with E-state index in [4.69, 9.17) is 4.74 Å². The third-order valence-corrected chi connectivity index (χ3v) is 7.65. The molecule has 1 aliphatic heterocycles.